The molecule has 0 aliphatic heterocycles. The molecule has 15 heavy (non-hydrogen) atoms. The van der Waals surface area contributed by atoms with Gasteiger partial charge in [0.1, 0.15) is 11.0 Å². The third-order valence-electron chi connectivity index (χ3n) is 2.20. The second-order valence-corrected chi connectivity index (χ2v) is 4.63. The molecule has 0 saturated carbocycles. The highest BCUT2D eigenvalue weighted by atomic mass is 32.3. The Bertz CT molecular complexity index is 428. The number of benzene rings is 1. The van der Waals surface area contributed by atoms with Crippen molar-refractivity contribution >= 4 is 10.2 Å². The lowest BCUT2D eigenvalue weighted by Gasteiger charge is -2.14. The highest BCUT2D eigenvalue weighted by molar-refractivity contribution is 7.86. The third-order valence-corrected chi connectivity index (χ3v) is 3.46. The van der Waals surface area contributed by atoms with Crippen molar-refractivity contribution in [3.8, 4) is 5.75 Å². The van der Waals surface area contributed by atoms with Gasteiger partial charge in [0, 0.05) is 5.56 Å². The number of methoxy groups -OCH3 is 1. The molecule has 0 amide bonds. The summed E-state index contributed by atoms with van der Waals surface area (Å²) in [6.07, 6.45) is 0.180. The topological polar surface area (TPSA) is 43.4 Å². The quantitative estimate of drug-likeness (QED) is 0.749. The molecule has 3 nitrogen and oxygen atoms in total. The molecule has 0 aliphatic carbocycles. The second kappa shape index (κ2) is 4.61. The van der Waals surface area contributed by atoms with Gasteiger partial charge in [-0.3, -0.25) is 0 Å². The molecule has 0 aliphatic rings. The van der Waals surface area contributed by atoms with Crippen molar-refractivity contribution in [2.75, 3.05) is 7.11 Å². The lowest BCUT2D eigenvalue weighted by Crippen LogP contribution is -2.08. The fraction of sp³-hybridized carbons (Fsp3) is 0.400. The van der Waals surface area contributed by atoms with Crippen molar-refractivity contribution in [1.29, 1.82) is 0 Å². The van der Waals surface area contributed by atoms with E-state index in [0.29, 0.717) is 11.3 Å². The Morgan fingerprint density at radius 3 is 2.47 bits per heavy atom. The molecular weight excluding hydrogens is 219 g/mol. The Morgan fingerprint density at radius 1 is 1.40 bits per heavy atom. The van der Waals surface area contributed by atoms with Crippen LogP contribution in [0.5, 0.6) is 5.75 Å². The Kier molecular flexibility index (Phi) is 3.68. The van der Waals surface area contributed by atoms with Crippen LogP contribution in [0.15, 0.2) is 24.3 Å². The van der Waals surface area contributed by atoms with E-state index in [1.165, 1.54) is 7.11 Å². The maximum Gasteiger partial charge on any atom is 0.309 e. The Hall–Kier alpha value is -1.10. The van der Waals surface area contributed by atoms with Crippen LogP contribution in [0.1, 0.15) is 24.2 Å². The van der Waals surface area contributed by atoms with Gasteiger partial charge in [0.15, 0.2) is 0 Å². The summed E-state index contributed by atoms with van der Waals surface area (Å²) in [6.45, 7) is 1.62. The van der Waals surface area contributed by atoms with Crippen LogP contribution in [0.2, 0.25) is 0 Å². The van der Waals surface area contributed by atoms with Crippen LogP contribution in [0.25, 0.3) is 0 Å². The minimum absolute atomic E-state index is 0.180. The van der Waals surface area contributed by atoms with Crippen LogP contribution in [0.3, 0.4) is 0 Å². The van der Waals surface area contributed by atoms with Gasteiger partial charge in [-0.2, -0.15) is 8.42 Å². The first-order valence-electron chi connectivity index (χ1n) is 4.57. The standard InChI is InChI=1S/C10H13FO3S/c1-3-10(15(11,12)13)8-6-4-5-7-9(8)14-2/h4-7,10H,3H2,1-2H3. The van der Waals surface area contributed by atoms with Gasteiger partial charge in [-0.25, -0.2) is 0 Å². The maximum absolute atomic E-state index is 13.0. The number of ether oxygens (including phenoxy) is 1. The van der Waals surface area contributed by atoms with Crippen LogP contribution >= 0.6 is 0 Å². The summed E-state index contributed by atoms with van der Waals surface area (Å²) in [7, 11) is -3.15. The van der Waals surface area contributed by atoms with Gasteiger partial charge in [-0.05, 0) is 12.5 Å². The SMILES string of the molecule is CCC(c1ccccc1OC)S(=O)(=O)F. The normalized spacial score (nSPS) is 13.5. The fourth-order valence-corrected chi connectivity index (χ4v) is 2.40. The molecule has 0 heterocycles. The summed E-state index contributed by atoms with van der Waals surface area (Å²) in [5.41, 5.74) is 0.366. The number of hydrogen-bond acceptors (Lipinski definition) is 3. The lowest BCUT2D eigenvalue weighted by atomic mass is 10.1. The van der Waals surface area contributed by atoms with E-state index in [1.54, 1.807) is 31.2 Å². The van der Waals surface area contributed by atoms with Crippen LogP contribution in [-0.2, 0) is 10.2 Å². The Labute approximate surface area is 89.1 Å². The summed E-state index contributed by atoms with van der Waals surface area (Å²) in [4.78, 5) is 0. The molecule has 1 atom stereocenters. The first-order valence-corrected chi connectivity index (χ1v) is 6.01. The predicted molar refractivity (Wildman–Crippen MR) is 56.1 cm³/mol. The van der Waals surface area contributed by atoms with E-state index in [2.05, 4.69) is 0 Å². The van der Waals surface area contributed by atoms with Crippen molar-refractivity contribution in [3.05, 3.63) is 29.8 Å². The first kappa shape index (κ1) is 12.0. The van der Waals surface area contributed by atoms with Gasteiger partial charge in [0.05, 0.1) is 7.11 Å². The lowest BCUT2D eigenvalue weighted by molar-refractivity contribution is 0.407. The molecule has 5 heteroatoms. The molecule has 0 radical (unpaired) electrons. The average molecular weight is 232 g/mol. The molecule has 0 bridgehead atoms. The van der Waals surface area contributed by atoms with E-state index in [1.807, 2.05) is 0 Å². The van der Waals surface area contributed by atoms with Crippen molar-refractivity contribution < 1.29 is 17.0 Å². The summed E-state index contributed by atoms with van der Waals surface area (Å²) < 4.78 is 39.8. The number of rotatable bonds is 4. The number of hydrogen-bond donors (Lipinski definition) is 0. The van der Waals surface area contributed by atoms with Crippen LogP contribution in [0, 0.1) is 0 Å². The van der Waals surface area contributed by atoms with E-state index in [-0.39, 0.29) is 6.42 Å². The fourth-order valence-electron chi connectivity index (χ4n) is 1.50. The van der Waals surface area contributed by atoms with Crippen LogP contribution < -0.4 is 4.74 Å². The maximum atomic E-state index is 13.0. The van der Waals surface area contributed by atoms with Crippen LogP contribution in [0.4, 0.5) is 3.89 Å². The van der Waals surface area contributed by atoms with E-state index in [0.717, 1.165) is 0 Å². The van der Waals surface area contributed by atoms with Crippen molar-refractivity contribution in [1.82, 2.24) is 0 Å². The van der Waals surface area contributed by atoms with Crippen molar-refractivity contribution in [2.24, 2.45) is 0 Å². The zero-order chi connectivity index (χ0) is 11.5. The second-order valence-electron chi connectivity index (χ2n) is 3.11. The Morgan fingerprint density at radius 2 is 2.00 bits per heavy atom. The van der Waals surface area contributed by atoms with Gasteiger partial charge in [-0.1, -0.05) is 25.1 Å². The van der Waals surface area contributed by atoms with Gasteiger partial charge in [0.2, 0.25) is 0 Å². The largest absolute Gasteiger partial charge is 0.496 e. The van der Waals surface area contributed by atoms with E-state index in [9.17, 15) is 12.3 Å². The zero-order valence-corrected chi connectivity index (χ0v) is 9.42. The highest BCUT2D eigenvalue weighted by Crippen LogP contribution is 2.33. The summed E-state index contributed by atoms with van der Waals surface area (Å²) in [6, 6.07) is 6.54. The zero-order valence-electron chi connectivity index (χ0n) is 8.60. The third kappa shape index (κ3) is 2.68. The molecule has 1 unspecified atom stereocenters. The minimum atomic E-state index is -4.58. The molecule has 0 aromatic heterocycles. The van der Waals surface area contributed by atoms with E-state index < -0.39 is 15.5 Å². The van der Waals surface area contributed by atoms with Crippen LogP contribution in [-0.4, -0.2) is 15.5 Å². The van der Waals surface area contributed by atoms with Gasteiger partial charge in [-0.15, -0.1) is 3.89 Å². The molecule has 1 aromatic rings. The average Bonchev–Trinajstić information content (AvgIpc) is 2.17. The molecule has 1 rings (SSSR count). The van der Waals surface area contributed by atoms with E-state index in [4.69, 9.17) is 4.74 Å². The molecule has 0 fully saturated rings. The number of halogens is 1. The molecule has 1 aromatic carbocycles. The van der Waals surface area contributed by atoms with Gasteiger partial charge < -0.3 is 4.74 Å². The predicted octanol–water partition coefficient (Wildman–Crippen LogP) is 2.45. The van der Waals surface area contributed by atoms with E-state index >= 15 is 0 Å². The van der Waals surface area contributed by atoms with Gasteiger partial charge >= 0.3 is 10.2 Å². The number of para-hydroxylation sites is 1. The smallest absolute Gasteiger partial charge is 0.309 e. The molecule has 0 spiro atoms. The summed E-state index contributed by atoms with van der Waals surface area (Å²) in [5, 5.41) is -1.14. The molecule has 0 N–H and O–H groups in total. The van der Waals surface area contributed by atoms with Gasteiger partial charge in [0.25, 0.3) is 0 Å². The summed E-state index contributed by atoms with van der Waals surface area (Å²) in [5.74, 6) is 0.394. The van der Waals surface area contributed by atoms with Crippen molar-refractivity contribution in [3.63, 3.8) is 0 Å². The first-order chi connectivity index (χ1) is 7.00. The summed E-state index contributed by atoms with van der Waals surface area (Å²) >= 11 is 0. The molecular formula is C10H13FO3S. The highest BCUT2D eigenvalue weighted by Gasteiger charge is 2.27. The minimum Gasteiger partial charge on any atom is -0.496 e. The molecule has 0 saturated heterocycles. The van der Waals surface area contributed by atoms with Crippen molar-refractivity contribution in [2.45, 2.75) is 18.6 Å². The monoisotopic (exact) mass is 232 g/mol. The molecule has 84 valence electrons. The Balaban J connectivity index is 3.24.